The molecule has 0 spiro atoms. The lowest BCUT2D eigenvalue weighted by Gasteiger charge is -2.05. The van der Waals surface area contributed by atoms with E-state index in [-0.39, 0.29) is 11.9 Å². The van der Waals surface area contributed by atoms with Crippen LogP contribution in [0.5, 0.6) is 0 Å². The van der Waals surface area contributed by atoms with Crippen LogP contribution in [0.15, 0.2) is 42.5 Å². The smallest absolute Gasteiger partial charge is 0.282 e. The van der Waals surface area contributed by atoms with Crippen molar-refractivity contribution in [3.05, 3.63) is 53.9 Å². The molecule has 94 valence electrons. The van der Waals surface area contributed by atoms with Gasteiger partial charge in [0.25, 0.3) is 5.91 Å². The molecule has 1 aromatic heterocycles. The number of benzene rings is 2. The first-order valence-corrected chi connectivity index (χ1v) is 5.88. The number of carbonyl (C=O) groups is 1. The van der Waals surface area contributed by atoms with Gasteiger partial charge >= 0.3 is 0 Å². The summed E-state index contributed by atoms with van der Waals surface area (Å²) in [4.78, 5) is 16.4. The minimum atomic E-state index is -0.269. The SMILES string of the molecule is Cc1nc(N)n(C(=O)c2cccc3ccccc23)n1. The van der Waals surface area contributed by atoms with Crippen molar-refractivity contribution in [2.24, 2.45) is 0 Å². The molecule has 0 bridgehead atoms. The number of nitrogens with zero attached hydrogens (tertiary/aromatic N) is 3. The Morgan fingerprint density at radius 3 is 2.63 bits per heavy atom. The van der Waals surface area contributed by atoms with Crippen molar-refractivity contribution in [1.82, 2.24) is 14.8 Å². The van der Waals surface area contributed by atoms with E-state index in [1.165, 1.54) is 0 Å². The van der Waals surface area contributed by atoms with E-state index < -0.39 is 0 Å². The highest BCUT2D eigenvalue weighted by Gasteiger charge is 2.16. The van der Waals surface area contributed by atoms with Gasteiger partial charge in [-0.15, -0.1) is 5.10 Å². The van der Waals surface area contributed by atoms with E-state index in [9.17, 15) is 4.79 Å². The second-order valence-corrected chi connectivity index (χ2v) is 4.26. The molecule has 0 radical (unpaired) electrons. The van der Waals surface area contributed by atoms with Crippen molar-refractivity contribution in [2.75, 3.05) is 5.73 Å². The van der Waals surface area contributed by atoms with E-state index in [1.807, 2.05) is 36.4 Å². The Bertz CT molecular complexity index is 771. The number of nitrogen functional groups attached to an aromatic ring is 1. The van der Waals surface area contributed by atoms with E-state index in [0.29, 0.717) is 11.4 Å². The van der Waals surface area contributed by atoms with Crippen molar-refractivity contribution in [3.8, 4) is 0 Å². The van der Waals surface area contributed by atoms with Crippen molar-refractivity contribution < 1.29 is 4.79 Å². The molecule has 0 saturated heterocycles. The molecule has 0 saturated carbocycles. The summed E-state index contributed by atoms with van der Waals surface area (Å²) in [6.45, 7) is 1.70. The van der Waals surface area contributed by atoms with Crippen LogP contribution in [0.3, 0.4) is 0 Å². The Morgan fingerprint density at radius 1 is 1.16 bits per heavy atom. The first kappa shape index (κ1) is 11.4. The lowest BCUT2D eigenvalue weighted by Crippen LogP contribution is -2.16. The van der Waals surface area contributed by atoms with Crippen LogP contribution in [0, 0.1) is 6.92 Å². The second-order valence-electron chi connectivity index (χ2n) is 4.26. The van der Waals surface area contributed by atoms with Crippen LogP contribution in [0.1, 0.15) is 16.2 Å². The molecule has 0 aliphatic carbocycles. The molecule has 3 aromatic rings. The van der Waals surface area contributed by atoms with E-state index in [1.54, 1.807) is 13.0 Å². The third-order valence-corrected chi connectivity index (χ3v) is 2.95. The fourth-order valence-corrected chi connectivity index (χ4v) is 2.11. The zero-order valence-electron chi connectivity index (χ0n) is 10.4. The van der Waals surface area contributed by atoms with Gasteiger partial charge in [-0.3, -0.25) is 4.79 Å². The molecule has 0 aliphatic rings. The molecule has 5 heteroatoms. The van der Waals surface area contributed by atoms with E-state index >= 15 is 0 Å². The Morgan fingerprint density at radius 2 is 1.89 bits per heavy atom. The van der Waals surface area contributed by atoms with Crippen LogP contribution >= 0.6 is 0 Å². The predicted molar refractivity (Wildman–Crippen MR) is 72.8 cm³/mol. The number of aryl methyl sites for hydroxylation is 1. The van der Waals surface area contributed by atoms with Crippen molar-refractivity contribution in [1.29, 1.82) is 0 Å². The summed E-state index contributed by atoms with van der Waals surface area (Å²) in [5, 5.41) is 5.91. The molecule has 5 nitrogen and oxygen atoms in total. The number of anilines is 1. The summed E-state index contributed by atoms with van der Waals surface area (Å²) in [7, 11) is 0. The lowest BCUT2D eigenvalue weighted by atomic mass is 10.0. The molecule has 0 aliphatic heterocycles. The molecule has 0 fully saturated rings. The van der Waals surface area contributed by atoms with Gasteiger partial charge in [0.05, 0.1) is 0 Å². The first-order chi connectivity index (χ1) is 9.16. The topological polar surface area (TPSA) is 73.8 Å². The predicted octanol–water partition coefficient (Wildman–Crippen LogP) is 2.01. The van der Waals surface area contributed by atoms with E-state index in [0.717, 1.165) is 15.5 Å². The molecular weight excluding hydrogens is 240 g/mol. The van der Waals surface area contributed by atoms with Crippen molar-refractivity contribution in [3.63, 3.8) is 0 Å². The van der Waals surface area contributed by atoms with Crippen LogP contribution in [-0.4, -0.2) is 20.7 Å². The molecule has 3 rings (SSSR count). The highest BCUT2D eigenvalue weighted by atomic mass is 16.2. The summed E-state index contributed by atoms with van der Waals surface area (Å²) in [6, 6.07) is 13.3. The minimum Gasteiger partial charge on any atom is -0.368 e. The van der Waals surface area contributed by atoms with Gasteiger partial charge in [0.15, 0.2) is 0 Å². The lowest BCUT2D eigenvalue weighted by molar-refractivity contribution is 0.0949. The third-order valence-electron chi connectivity index (χ3n) is 2.95. The number of aromatic nitrogens is 3. The summed E-state index contributed by atoms with van der Waals surface area (Å²) in [5.74, 6) is 0.316. The van der Waals surface area contributed by atoms with Gasteiger partial charge in [-0.25, -0.2) is 0 Å². The van der Waals surface area contributed by atoms with Crippen molar-refractivity contribution in [2.45, 2.75) is 6.92 Å². The van der Waals surface area contributed by atoms with Crippen LogP contribution in [0.4, 0.5) is 5.95 Å². The molecule has 0 amide bonds. The van der Waals surface area contributed by atoms with Crippen LogP contribution < -0.4 is 5.73 Å². The average Bonchev–Trinajstić information content (AvgIpc) is 2.76. The zero-order valence-corrected chi connectivity index (χ0v) is 10.4. The number of carbonyl (C=O) groups excluding carboxylic acids is 1. The van der Waals surface area contributed by atoms with Crippen LogP contribution in [0.25, 0.3) is 10.8 Å². The molecule has 2 N–H and O–H groups in total. The number of nitrogens with two attached hydrogens (primary N) is 1. The standard InChI is InChI=1S/C14H12N4O/c1-9-16-14(15)18(17-9)13(19)12-8-4-6-10-5-2-3-7-11(10)12/h2-8H,1H3,(H2,15,16,17). The number of fused-ring (bicyclic) bond motifs is 1. The number of rotatable bonds is 1. The molecular formula is C14H12N4O. The maximum Gasteiger partial charge on any atom is 0.282 e. The van der Waals surface area contributed by atoms with Crippen molar-refractivity contribution >= 4 is 22.6 Å². The minimum absolute atomic E-state index is 0.107. The van der Waals surface area contributed by atoms with Gasteiger partial charge < -0.3 is 5.73 Å². The number of hydrogen-bond acceptors (Lipinski definition) is 4. The Hall–Kier alpha value is -2.69. The summed E-state index contributed by atoms with van der Waals surface area (Å²) in [6.07, 6.45) is 0. The monoisotopic (exact) mass is 252 g/mol. The maximum atomic E-state index is 12.5. The third kappa shape index (κ3) is 1.85. The largest absolute Gasteiger partial charge is 0.368 e. The summed E-state index contributed by atoms with van der Waals surface area (Å²) >= 11 is 0. The van der Waals surface area contributed by atoms with Gasteiger partial charge in [-0.1, -0.05) is 36.4 Å². The van der Waals surface area contributed by atoms with E-state index in [4.69, 9.17) is 5.73 Å². The van der Waals surface area contributed by atoms with Gasteiger partial charge in [-0.05, 0) is 23.8 Å². The highest BCUT2D eigenvalue weighted by molar-refractivity contribution is 6.08. The van der Waals surface area contributed by atoms with E-state index in [2.05, 4.69) is 10.1 Å². The molecule has 19 heavy (non-hydrogen) atoms. The number of hydrogen-bond donors (Lipinski definition) is 1. The Labute approximate surface area is 109 Å². The van der Waals surface area contributed by atoms with Gasteiger partial charge in [0.2, 0.25) is 5.95 Å². The Kier molecular flexibility index (Phi) is 2.52. The van der Waals surface area contributed by atoms with Gasteiger partial charge in [0, 0.05) is 5.56 Å². The average molecular weight is 252 g/mol. The maximum absolute atomic E-state index is 12.5. The fraction of sp³-hybridized carbons (Fsp3) is 0.0714. The summed E-state index contributed by atoms with van der Waals surface area (Å²) in [5.41, 5.74) is 6.26. The van der Waals surface area contributed by atoms with Crippen LogP contribution in [0.2, 0.25) is 0 Å². The normalized spacial score (nSPS) is 10.8. The van der Waals surface area contributed by atoms with Gasteiger partial charge in [0.1, 0.15) is 5.82 Å². The second kappa shape index (κ2) is 4.20. The zero-order chi connectivity index (χ0) is 13.4. The quantitative estimate of drug-likeness (QED) is 0.719. The molecule has 1 heterocycles. The summed E-state index contributed by atoms with van der Waals surface area (Å²) < 4.78 is 1.14. The molecule has 2 aromatic carbocycles. The molecule has 0 unspecified atom stereocenters. The molecule has 0 atom stereocenters. The first-order valence-electron chi connectivity index (χ1n) is 5.88. The Balaban J connectivity index is 2.19. The highest BCUT2D eigenvalue weighted by Crippen LogP contribution is 2.19. The van der Waals surface area contributed by atoms with Crippen LogP contribution in [-0.2, 0) is 0 Å². The van der Waals surface area contributed by atoms with Gasteiger partial charge in [-0.2, -0.15) is 9.67 Å². The fourth-order valence-electron chi connectivity index (χ4n) is 2.11.